The van der Waals surface area contributed by atoms with E-state index in [1.54, 1.807) is 6.07 Å². The highest BCUT2D eigenvalue weighted by molar-refractivity contribution is 8.13. The van der Waals surface area contributed by atoms with Crippen LogP contribution < -0.4 is 5.32 Å². The molecule has 1 aliphatic heterocycles. The van der Waals surface area contributed by atoms with Crippen LogP contribution in [-0.2, 0) is 9.05 Å². The van der Waals surface area contributed by atoms with Crippen LogP contribution in [0.4, 0.5) is 5.69 Å². The predicted octanol–water partition coefficient (Wildman–Crippen LogP) is 4.72. The second-order valence-corrected chi connectivity index (χ2v) is 9.18. The Morgan fingerprint density at radius 3 is 2.61 bits per heavy atom. The van der Waals surface area contributed by atoms with Crippen molar-refractivity contribution >= 4 is 49.0 Å². The number of nitrogens with one attached hydrogen (secondary N) is 1. The zero-order valence-corrected chi connectivity index (χ0v) is 15.3. The average molecular weight is 389 g/mol. The van der Waals surface area contributed by atoms with E-state index in [9.17, 15) is 8.42 Å². The Hall–Kier alpha value is -0.920. The van der Waals surface area contributed by atoms with Crippen molar-refractivity contribution in [3.8, 4) is 0 Å². The van der Waals surface area contributed by atoms with Gasteiger partial charge in [-0.1, -0.05) is 41.9 Å². The van der Waals surface area contributed by atoms with Crippen LogP contribution in [0, 0.1) is 0 Å². The summed E-state index contributed by atoms with van der Waals surface area (Å²) in [7, 11) is 1.57. The Kier molecular flexibility index (Phi) is 4.80. The molecule has 1 N–H and O–H groups in total. The third-order valence-electron chi connectivity index (χ3n) is 3.65. The number of anilines is 1. The van der Waals surface area contributed by atoms with Gasteiger partial charge in [-0.2, -0.15) is 0 Å². The Labute approximate surface area is 149 Å². The number of rotatable bonds is 3. The lowest BCUT2D eigenvalue weighted by Gasteiger charge is -2.33. The summed E-state index contributed by atoms with van der Waals surface area (Å²) in [6.07, 6.45) is 0. The first-order valence-corrected chi connectivity index (χ1v) is 10.3. The summed E-state index contributed by atoms with van der Waals surface area (Å²) in [5.41, 5.74) is 1.99. The Balaban J connectivity index is 1.91. The van der Waals surface area contributed by atoms with E-state index in [0.717, 1.165) is 10.6 Å². The number of nitrogens with zero attached hydrogens (tertiary/aromatic N) is 1. The molecule has 0 bridgehead atoms. The van der Waals surface area contributed by atoms with Crippen LogP contribution in [-0.4, -0.2) is 19.4 Å². The highest BCUT2D eigenvalue weighted by atomic mass is 35.7. The van der Waals surface area contributed by atoms with Crippen molar-refractivity contribution in [3.05, 3.63) is 53.1 Å². The van der Waals surface area contributed by atoms with Crippen LogP contribution in [0.2, 0.25) is 5.02 Å². The number of halogens is 2. The van der Waals surface area contributed by atoms with Crippen LogP contribution in [0.3, 0.4) is 0 Å². The number of fused-ring (bicyclic) bond motifs is 1. The fraction of sp³-hybridized carbons (Fsp3) is 0.200. The summed E-state index contributed by atoms with van der Waals surface area (Å²) in [5.74, 6) is 0. The molecule has 0 aliphatic carbocycles. The molecule has 8 heteroatoms. The summed E-state index contributed by atoms with van der Waals surface area (Å²) in [6.45, 7) is 2.72. The normalized spacial score (nSPS) is 16.5. The molecule has 0 fully saturated rings. The maximum atomic E-state index is 11.6. The average Bonchev–Trinajstić information content (AvgIpc) is 2.53. The Morgan fingerprint density at radius 2 is 1.96 bits per heavy atom. The lowest BCUT2D eigenvalue weighted by molar-refractivity contribution is 0.401. The zero-order chi connectivity index (χ0) is 16.6. The molecule has 1 atom stereocenters. The largest absolute Gasteiger partial charge is 0.370 e. The second-order valence-electron chi connectivity index (χ2n) is 5.15. The molecular formula is C15H14Cl2N2O2S2. The van der Waals surface area contributed by atoms with Crippen molar-refractivity contribution in [2.45, 2.75) is 22.8 Å². The molecule has 0 aromatic heterocycles. The van der Waals surface area contributed by atoms with Crippen LogP contribution in [0.1, 0.15) is 18.5 Å². The number of hydrogen-bond donors (Lipinski definition) is 1. The van der Waals surface area contributed by atoms with Gasteiger partial charge in [0.15, 0.2) is 0 Å². The van der Waals surface area contributed by atoms with E-state index in [1.807, 2.05) is 18.2 Å². The molecule has 1 heterocycles. The predicted molar refractivity (Wildman–Crippen MR) is 95.5 cm³/mol. The molecule has 0 saturated heterocycles. The van der Waals surface area contributed by atoms with Gasteiger partial charge in [-0.25, -0.2) is 12.7 Å². The topological polar surface area (TPSA) is 49.4 Å². The minimum Gasteiger partial charge on any atom is -0.370 e. The fourth-order valence-corrected chi connectivity index (χ4v) is 5.03. The van der Waals surface area contributed by atoms with Gasteiger partial charge in [0.25, 0.3) is 9.05 Å². The van der Waals surface area contributed by atoms with Gasteiger partial charge in [0.05, 0.1) is 17.4 Å². The molecule has 0 spiro atoms. The van der Waals surface area contributed by atoms with Crippen molar-refractivity contribution in [1.29, 1.82) is 0 Å². The smallest absolute Gasteiger partial charge is 0.262 e. The molecule has 122 valence electrons. The molecule has 2 aromatic carbocycles. The standard InChI is InChI=1S/C15H14Cl2N2O2S2/c1-10(11-5-3-2-4-6-11)19-9-18-13-7-12(16)15(23(17,20)21)8-14(13)22-19/h2-8,10,18H,9H2,1H3. The van der Waals surface area contributed by atoms with Gasteiger partial charge in [-0.15, -0.1) is 0 Å². The van der Waals surface area contributed by atoms with E-state index >= 15 is 0 Å². The van der Waals surface area contributed by atoms with E-state index < -0.39 is 9.05 Å². The highest BCUT2D eigenvalue weighted by Crippen LogP contribution is 2.42. The molecule has 4 nitrogen and oxygen atoms in total. The summed E-state index contributed by atoms with van der Waals surface area (Å²) >= 11 is 7.50. The Bertz CT molecular complexity index is 829. The van der Waals surface area contributed by atoms with Gasteiger partial charge >= 0.3 is 0 Å². The molecule has 2 aromatic rings. The van der Waals surface area contributed by atoms with Crippen LogP contribution in [0.5, 0.6) is 0 Å². The first kappa shape index (κ1) is 16.9. The van der Waals surface area contributed by atoms with E-state index in [1.165, 1.54) is 23.6 Å². The minimum absolute atomic E-state index is 0.0666. The zero-order valence-electron chi connectivity index (χ0n) is 12.2. The van der Waals surface area contributed by atoms with Crippen molar-refractivity contribution < 1.29 is 8.42 Å². The van der Waals surface area contributed by atoms with Crippen LogP contribution in [0.15, 0.2) is 52.3 Å². The van der Waals surface area contributed by atoms with Gasteiger partial charge < -0.3 is 5.32 Å². The van der Waals surface area contributed by atoms with Crippen molar-refractivity contribution in [2.75, 3.05) is 12.0 Å². The lowest BCUT2D eigenvalue weighted by atomic mass is 10.1. The highest BCUT2D eigenvalue weighted by Gasteiger charge is 2.26. The molecule has 3 rings (SSSR count). The molecular weight excluding hydrogens is 375 g/mol. The first-order valence-electron chi connectivity index (χ1n) is 6.88. The van der Waals surface area contributed by atoms with E-state index in [-0.39, 0.29) is 16.0 Å². The maximum Gasteiger partial charge on any atom is 0.262 e. The summed E-state index contributed by atoms with van der Waals surface area (Å²) in [5, 5.41) is 3.39. The molecule has 23 heavy (non-hydrogen) atoms. The van der Waals surface area contributed by atoms with Crippen molar-refractivity contribution in [2.24, 2.45) is 0 Å². The minimum atomic E-state index is -3.88. The lowest BCUT2D eigenvalue weighted by Crippen LogP contribution is -2.29. The molecule has 0 radical (unpaired) electrons. The van der Waals surface area contributed by atoms with Gasteiger partial charge in [0.2, 0.25) is 0 Å². The van der Waals surface area contributed by atoms with Gasteiger partial charge in [-0.05, 0) is 36.6 Å². The van der Waals surface area contributed by atoms with Gasteiger partial charge in [0, 0.05) is 21.6 Å². The number of hydrogen-bond acceptors (Lipinski definition) is 5. The third-order valence-corrected chi connectivity index (χ3v) is 6.65. The quantitative estimate of drug-likeness (QED) is 0.608. The van der Waals surface area contributed by atoms with E-state index in [4.69, 9.17) is 22.3 Å². The molecule has 1 unspecified atom stereocenters. The molecule has 0 amide bonds. The second kappa shape index (κ2) is 6.53. The van der Waals surface area contributed by atoms with Gasteiger partial charge in [-0.3, -0.25) is 0 Å². The van der Waals surface area contributed by atoms with E-state index in [0.29, 0.717) is 6.67 Å². The monoisotopic (exact) mass is 388 g/mol. The van der Waals surface area contributed by atoms with Crippen LogP contribution >= 0.6 is 34.2 Å². The number of benzene rings is 2. The fourth-order valence-electron chi connectivity index (χ4n) is 2.37. The SMILES string of the molecule is CC(c1ccccc1)N1CNc2cc(Cl)c(S(=O)(=O)Cl)cc2S1. The van der Waals surface area contributed by atoms with Crippen LogP contribution in [0.25, 0.3) is 0 Å². The maximum absolute atomic E-state index is 11.6. The van der Waals surface area contributed by atoms with Crippen molar-refractivity contribution in [1.82, 2.24) is 4.31 Å². The first-order chi connectivity index (χ1) is 10.9. The summed E-state index contributed by atoms with van der Waals surface area (Å²) in [4.78, 5) is 0.714. The summed E-state index contributed by atoms with van der Waals surface area (Å²) in [6, 6.07) is 13.4. The third kappa shape index (κ3) is 3.61. The molecule has 1 aliphatic rings. The summed E-state index contributed by atoms with van der Waals surface area (Å²) < 4.78 is 25.4. The Morgan fingerprint density at radius 1 is 1.26 bits per heavy atom. The van der Waals surface area contributed by atoms with Crippen molar-refractivity contribution in [3.63, 3.8) is 0 Å². The van der Waals surface area contributed by atoms with Gasteiger partial charge in [0.1, 0.15) is 4.90 Å². The van der Waals surface area contributed by atoms with E-state index in [2.05, 4.69) is 28.7 Å². The molecule has 0 saturated carbocycles.